The third-order valence-corrected chi connectivity index (χ3v) is 3.45. The second-order valence-electron chi connectivity index (χ2n) is 4.87. The molecule has 2 rings (SSSR count). The van der Waals surface area contributed by atoms with E-state index in [1.54, 1.807) is 12.4 Å². The van der Waals surface area contributed by atoms with Gasteiger partial charge in [0.15, 0.2) is 0 Å². The Kier molecular flexibility index (Phi) is 3.78. The molecular weight excluding hydrogens is 222 g/mol. The molecule has 1 heterocycles. The van der Waals surface area contributed by atoms with Gasteiger partial charge in [-0.2, -0.15) is 0 Å². The molecule has 0 spiro atoms. The maximum Gasteiger partial charge on any atom is 0.0858 e. The first-order valence-corrected chi connectivity index (χ1v) is 6.24. The molecule has 0 fully saturated rings. The van der Waals surface area contributed by atoms with Crippen LogP contribution in [0.3, 0.4) is 0 Å². The number of pyridine rings is 1. The molecule has 2 nitrogen and oxygen atoms in total. The minimum atomic E-state index is -0.479. The van der Waals surface area contributed by atoms with E-state index < -0.39 is 6.10 Å². The molecule has 0 aliphatic rings. The minimum Gasteiger partial charge on any atom is -0.388 e. The minimum absolute atomic E-state index is 0.0643. The van der Waals surface area contributed by atoms with E-state index in [0.717, 1.165) is 16.7 Å². The zero-order valence-electron chi connectivity index (χ0n) is 11.1. The molecule has 0 aliphatic carbocycles. The number of nitrogens with zero attached hydrogens (tertiary/aromatic N) is 1. The van der Waals surface area contributed by atoms with E-state index in [-0.39, 0.29) is 5.92 Å². The van der Waals surface area contributed by atoms with Crippen molar-refractivity contribution in [1.82, 2.24) is 4.98 Å². The summed E-state index contributed by atoms with van der Waals surface area (Å²) in [4.78, 5) is 4.01. The molecular formula is C16H19NO. The summed E-state index contributed by atoms with van der Waals surface area (Å²) in [6.45, 7) is 6.15. The predicted octanol–water partition coefficient (Wildman–Crippen LogP) is 3.54. The second kappa shape index (κ2) is 5.32. The van der Waals surface area contributed by atoms with E-state index in [0.29, 0.717) is 0 Å². The Bertz CT molecular complexity index is 522. The van der Waals surface area contributed by atoms with E-state index in [9.17, 15) is 5.11 Å². The fraction of sp³-hybridized carbons (Fsp3) is 0.312. The normalized spacial score (nSPS) is 14.2. The van der Waals surface area contributed by atoms with Crippen molar-refractivity contribution in [2.24, 2.45) is 0 Å². The lowest BCUT2D eigenvalue weighted by atomic mass is 9.89. The number of aryl methyl sites for hydroxylation is 2. The van der Waals surface area contributed by atoms with Gasteiger partial charge in [0.2, 0.25) is 0 Å². The van der Waals surface area contributed by atoms with Crippen LogP contribution in [0.1, 0.15) is 41.2 Å². The third-order valence-electron chi connectivity index (χ3n) is 3.45. The SMILES string of the molecule is Cc1ccc(C(O)C(C)c2ccncc2)c(C)c1. The first-order chi connectivity index (χ1) is 8.59. The highest BCUT2D eigenvalue weighted by atomic mass is 16.3. The fourth-order valence-corrected chi connectivity index (χ4v) is 2.28. The largest absolute Gasteiger partial charge is 0.388 e. The topological polar surface area (TPSA) is 33.1 Å². The van der Waals surface area contributed by atoms with Crippen molar-refractivity contribution in [3.05, 3.63) is 65.0 Å². The van der Waals surface area contributed by atoms with E-state index in [1.165, 1.54) is 5.56 Å². The zero-order chi connectivity index (χ0) is 13.1. The quantitative estimate of drug-likeness (QED) is 0.891. The molecule has 0 bridgehead atoms. The first-order valence-electron chi connectivity index (χ1n) is 6.24. The van der Waals surface area contributed by atoms with Crippen molar-refractivity contribution < 1.29 is 5.11 Å². The van der Waals surface area contributed by atoms with Gasteiger partial charge in [0.05, 0.1) is 6.10 Å². The van der Waals surface area contributed by atoms with Gasteiger partial charge >= 0.3 is 0 Å². The molecule has 0 saturated heterocycles. The summed E-state index contributed by atoms with van der Waals surface area (Å²) in [5, 5.41) is 10.5. The van der Waals surface area contributed by atoms with Gasteiger partial charge < -0.3 is 5.11 Å². The molecule has 0 amide bonds. The Hall–Kier alpha value is -1.67. The van der Waals surface area contributed by atoms with Crippen LogP contribution in [0.25, 0.3) is 0 Å². The van der Waals surface area contributed by atoms with Crippen LogP contribution in [-0.2, 0) is 0 Å². The van der Waals surface area contributed by atoms with Crippen molar-refractivity contribution in [2.45, 2.75) is 32.8 Å². The van der Waals surface area contributed by atoms with Crippen molar-refractivity contribution in [3.8, 4) is 0 Å². The maximum atomic E-state index is 10.5. The fourth-order valence-electron chi connectivity index (χ4n) is 2.28. The lowest BCUT2D eigenvalue weighted by Gasteiger charge is -2.21. The van der Waals surface area contributed by atoms with Gasteiger partial charge in [-0.1, -0.05) is 30.7 Å². The lowest BCUT2D eigenvalue weighted by Crippen LogP contribution is -2.09. The van der Waals surface area contributed by atoms with Crippen LogP contribution in [0.5, 0.6) is 0 Å². The van der Waals surface area contributed by atoms with Crippen LogP contribution in [0, 0.1) is 13.8 Å². The average molecular weight is 241 g/mol. The molecule has 1 aromatic carbocycles. The van der Waals surface area contributed by atoms with Crippen LogP contribution in [-0.4, -0.2) is 10.1 Å². The molecule has 18 heavy (non-hydrogen) atoms. The Morgan fingerprint density at radius 1 is 1.06 bits per heavy atom. The number of aliphatic hydroxyl groups is 1. The van der Waals surface area contributed by atoms with E-state index in [1.807, 2.05) is 38.1 Å². The molecule has 2 unspecified atom stereocenters. The van der Waals surface area contributed by atoms with E-state index in [2.05, 4.69) is 18.0 Å². The van der Waals surface area contributed by atoms with Gasteiger partial charge in [-0.15, -0.1) is 0 Å². The number of benzene rings is 1. The summed E-state index contributed by atoms with van der Waals surface area (Å²) in [6.07, 6.45) is 3.05. The van der Waals surface area contributed by atoms with Crippen molar-refractivity contribution in [2.75, 3.05) is 0 Å². The van der Waals surface area contributed by atoms with Gasteiger partial charge in [-0.25, -0.2) is 0 Å². The van der Waals surface area contributed by atoms with Gasteiger partial charge in [0.25, 0.3) is 0 Å². The highest BCUT2D eigenvalue weighted by Crippen LogP contribution is 2.32. The van der Waals surface area contributed by atoms with Gasteiger partial charge in [0.1, 0.15) is 0 Å². The van der Waals surface area contributed by atoms with E-state index in [4.69, 9.17) is 0 Å². The van der Waals surface area contributed by atoms with Gasteiger partial charge in [-0.3, -0.25) is 4.98 Å². The Balaban J connectivity index is 2.28. The monoisotopic (exact) mass is 241 g/mol. The molecule has 2 aromatic rings. The summed E-state index contributed by atoms with van der Waals surface area (Å²) in [6, 6.07) is 10.1. The van der Waals surface area contributed by atoms with Crippen LogP contribution in [0.4, 0.5) is 0 Å². The summed E-state index contributed by atoms with van der Waals surface area (Å²) >= 11 is 0. The van der Waals surface area contributed by atoms with Crippen molar-refractivity contribution in [1.29, 1.82) is 0 Å². The van der Waals surface area contributed by atoms with Crippen LogP contribution in [0.15, 0.2) is 42.7 Å². The molecule has 0 aliphatic heterocycles. The van der Waals surface area contributed by atoms with Crippen LogP contribution < -0.4 is 0 Å². The number of aliphatic hydroxyl groups excluding tert-OH is 1. The Morgan fingerprint density at radius 3 is 2.33 bits per heavy atom. The molecule has 94 valence electrons. The number of hydrogen-bond acceptors (Lipinski definition) is 2. The standard InChI is InChI=1S/C16H19NO/c1-11-4-5-15(12(2)10-11)16(18)13(3)14-6-8-17-9-7-14/h4-10,13,16,18H,1-3H3. The molecule has 0 radical (unpaired) electrons. The summed E-state index contributed by atoms with van der Waals surface area (Å²) in [5.41, 5.74) is 4.48. The molecule has 2 heteroatoms. The van der Waals surface area contributed by atoms with Crippen LogP contribution in [0.2, 0.25) is 0 Å². The highest BCUT2D eigenvalue weighted by molar-refractivity contribution is 5.34. The second-order valence-corrected chi connectivity index (χ2v) is 4.87. The summed E-state index contributed by atoms with van der Waals surface area (Å²) in [7, 11) is 0. The first kappa shape index (κ1) is 12.8. The maximum absolute atomic E-state index is 10.5. The molecule has 2 atom stereocenters. The Morgan fingerprint density at radius 2 is 1.72 bits per heavy atom. The number of rotatable bonds is 3. The van der Waals surface area contributed by atoms with Gasteiger partial charge in [0, 0.05) is 18.3 Å². The summed E-state index contributed by atoms with van der Waals surface area (Å²) in [5.74, 6) is 0.0643. The molecule has 1 N–H and O–H groups in total. The number of hydrogen-bond donors (Lipinski definition) is 1. The highest BCUT2D eigenvalue weighted by Gasteiger charge is 2.19. The Labute approximate surface area is 108 Å². The zero-order valence-corrected chi connectivity index (χ0v) is 11.1. The van der Waals surface area contributed by atoms with E-state index >= 15 is 0 Å². The average Bonchev–Trinajstić information content (AvgIpc) is 2.38. The van der Waals surface area contributed by atoms with Crippen molar-refractivity contribution in [3.63, 3.8) is 0 Å². The molecule has 1 aromatic heterocycles. The summed E-state index contributed by atoms with van der Waals surface area (Å²) < 4.78 is 0. The smallest absolute Gasteiger partial charge is 0.0858 e. The molecule has 0 saturated carbocycles. The number of aromatic nitrogens is 1. The van der Waals surface area contributed by atoms with Crippen LogP contribution >= 0.6 is 0 Å². The third kappa shape index (κ3) is 2.59. The van der Waals surface area contributed by atoms with Gasteiger partial charge in [-0.05, 0) is 42.7 Å². The van der Waals surface area contributed by atoms with Crippen molar-refractivity contribution >= 4 is 0 Å². The lowest BCUT2D eigenvalue weighted by molar-refractivity contribution is 0.151. The predicted molar refractivity (Wildman–Crippen MR) is 73.5 cm³/mol.